The first-order valence-electron chi connectivity index (χ1n) is 7.48. The van der Waals surface area contributed by atoms with Crippen LogP contribution in [0.1, 0.15) is 29.7 Å². The van der Waals surface area contributed by atoms with Crippen LogP contribution in [0.2, 0.25) is 0 Å². The summed E-state index contributed by atoms with van der Waals surface area (Å²) in [6.07, 6.45) is 4.75. The molecule has 1 fully saturated rings. The Balaban J connectivity index is 1.88. The van der Waals surface area contributed by atoms with Gasteiger partial charge in [0.15, 0.2) is 0 Å². The summed E-state index contributed by atoms with van der Waals surface area (Å²) in [5.41, 5.74) is 6.33. The van der Waals surface area contributed by atoms with E-state index in [9.17, 15) is 0 Å². The second-order valence-electron chi connectivity index (χ2n) is 5.96. The Bertz CT molecular complexity index is 607. The molecule has 1 N–H and O–H groups in total. The maximum absolute atomic E-state index is 4.69. The average molecular weight is 269 g/mol. The molecule has 2 aromatic rings. The van der Waals surface area contributed by atoms with E-state index in [-0.39, 0.29) is 0 Å². The molecule has 1 aliphatic rings. The third-order valence-corrected chi connectivity index (χ3v) is 4.19. The number of aromatic nitrogens is 2. The minimum atomic E-state index is 0.585. The van der Waals surface area contributed by atoms with Crippen molar-refractivity contribution in [2.24, 2.45) is 0 Å². The van der Waals surface area contributed by atoms with Gasteiger partial charge in [0.05, 0.1) is 12.2 Å². The monoisotopic (exact) mass is 269 g/mol. The third kappa shape index (κ3) is 2.63. The van der Waals surface area contributed by atoms with Gasteiger partial charge in [-0.05, 0) is 51.3 Å². The number of nitrogens with zero attached hydrogens (tertiary/aromatic N) is 2. The number of rotatable bonds is 3. The van der Waals surface area contributed by atoms with Gasteiger partial charge in [0.25, 0.3) is 0 Å². The van der Waals surface area contributed by atoms with Crippen molar-refractivity contribution in [3.8, 4) is 11.1 Å². The predicted molar refractivity (Wildman–Crippen MR) is 82.9 cm³/mol. The molecular formula is C17H23N3. The number of aryl methyl sites for hydroxylation is 3. The van der Waals surface area contributed by atoms with Gasteiger partial charge in [0.1, 0.15) is 0 Å². The highest BCUT2D eigenvalue weighted by Gasteiger charge is 2.16. The summed E-state index contributed by atoms with van der Waals surface area (Å²) in [6, 6.07) is 7.22. The molecule has 2 heterocycles. The van der Waals surface area contributed by atoms with E-state index < -0.39 is 0 Å². The van der Waals surface area contributed by atoms with E-state index in [0.29, 0.717) is 6.04 Å². The Labute approximate surface area is 121 Å². The lowest BCUT2D eigenvalue weighted by atomic mass is 9.99. The molecule has 1 atom stereocenters. The smallest absolute Gasteiger partial charge is 0.0672 e. The van der Waals surface area contributed by atoms with Gasteiger partial charge in [0.2, 0.25) is 0 Å². The molecule has 0 radical (unpaired) electrons. The fraction of sp³-hybridized carbons (Fsp3) is 0.471. The van der Waals surface area contributed by atoms with E-state index in [1.165, 1.54) is 35.1 Å². The largest absolute Gasteiger partial charge is 0.312 e. The van der Waals surface area contributed by atoms with Crippen LogP contribution in [-0.2, 0) is 6.54 Å². The first kappa shape index (κ1) is 13.4. The molecule has 3 rings (SSSR count). The zero-order valence-electron chi connectivity index (χ0n) is 12.6. The van der Waals surface area contributed by atoms with Gasteiger partial charge in [-0.25, -0.2) is 0 Å². The van der Waals surface area contributed by atoms with E-state index in [0.717, 1.165) is 18.8 Å². The minimum absolute atomic E-state index is 0.585. The second kappa shape index (κ2) is 5.41. The Morgan fingerprint density at radius 1 is 1.25 bits per heavy atom. The normalized spacial score (nSPS) is 18.6. The summed E-state index contributed by atoms with van der Waals surface area (Å²) < 4.78 is 2.10. The molecule has 0 amide bonds. The van der Waals surface area contributed by atoms with Crippen LogP contribution >= 0.6 is 0 Å². The zero-order chi connectivity index (χ0) is 14.1. The lowest BCUT2D eigenvalue weighted by Crippen LogP contribution is -2.26. The van der Waals surface area contributed by atoms with Crippen molar-refractivity contribution < 1.29 is 0 Å². The molecule has 1 unspecified atom stereocenters. The standard InChI is InChI=1S/C17H23N3/c1-12-6-7-16(13(2)9-12)17-11-20(19-14(17)3)10-15-5-4-8-18-15/h6-7,9,11,15,18H,4-5,8,10H2,1-3H3. The topological polar surface area (TPSA) is 29.9 Å². The molecular weight excluding hydrogens is 246 g/mol. The van der Waals surface area contributed by atoms with Crippen molar-refractivity contribution in [3.05, 3.63) is 41.2 Å². The van der Waals surface area contributed by atoms with E-state index in [1.54, 1.807) is 0 Å². The maximum Gasteiger partial charge on any atom is 0.0672 e. The molecule has 3 heteroatoms. The molecule has 1 aliphatic heterocycles. The average Bonchev–Trinajstić information content (AvgIpc) is 3.00. The fourth-order valence-corrected chi connectivity index (χ4v) is 3.13. The summed E-state index contributed by atoms with van der Waals surface area (Å²) >= 11 is 0. The van der Waals surface area contributed by atoms with Gasteiger partial charge >= 0.3 is 0 Å². The number of nitrogens with one attached hydrogen (secondary N) is 1. The van der Waals surface area contributed by atoms with E-state index in [4.69, 9.17) is 5.10 Å². The first-order chi connectivity index (χ1) is 9.63. The molecule has 1 saturated heterocycles. The van der Waals surface area contributed by atoms with Crippen LogP contribution < -0.4 is 5.32 Å². The fourth-order valence-electron chi connectivity index (χ4n) is 3.13. The van der Waals surface area contributed by atoms with Gasteiger partial charge in [0, 0.05) is 17.8 Å². The third-order valence-electron chi connectivity index (χ3n) is 4.19. The van der Waals surface area contributed by atoms with Crippen LogP contribution in [0.25, 0.3) is 11.1 Å². The Morgan fingerprint density at radius 3 is 2.80 bits per heavy atom. The SMILES string of the molecule is Cc1ccc(-c2cn(CC3CCCN3)nc2C)c(C)c1. The van der Waals surface area contributed by atoms with E-state index in [1.807, 2.05) is 0 Å². The molecule has 0 spiro atoms. The Morgan fingerprint density at radius 2 is 2.10 bits per heavy atom. The molecule has 0 saturated carbocycles. The molecule has 3 nitrogen and oxygen atoms in total. The van der Waals surface area contributed by atoms with E-state index >= 15 is 0 Å². The molecule has 0 aliphatic carbocycles. The van der Waals surface area contributed by atoms with Gasteiger partial charge in [-0.1, -0.05) is 23.8 Å². The van der Waals surface area contributed by atoms with Crippen LogP contribution in [0.5, 0.6) is 0 Å². The highest BCUT2D eigenvalue weighted by Crippen LogP contribution is 2.27. The number of hydrogen-bond acceptors (Lipinski definition) is 2. The van der Waals surface area contributed by atoms with Crippen LogP contribution in [0.15, 0.2) is 24.4 Å². The Kier molecular flexibility index (Phi) is 3.62. The molecule has 20 heavy (non-hydrogen) atoms. The molecule has 106 valence electrons. The van der Waals surface area contributed by atoms with Gasteiger partial charge in [-0.2, -0.15) is 5.10 Å². The van der Waals surface area contributed by atoms with E-state index in [2.05, 4.69) is 55.2 Å². The summed E-state index contributed by atoms with van der Waals surface area (Å²) in [5.74, 6) is 0. The highest BCUT2D eigenvalue weighted by molar-refractivity contribution is 5.69. The maximum atomic E-state index is 4.69. The molecule has 1 aromatic carbocycles. The number of hydrogen-bond donors (Lipinski definition) is 1. The van der Waals surface area contributed by atoms with Crippen LogP contribution in [0.4, 0.5) is 0 Å². The summed E-state index contributed by atoms with van der Waals surface area (Å²) in [5, 5.41) is 8.22. The summed E-state index contributed by atoms with van der Waals surface area (Å²) in [7, 11) is 0. The van der Waals surface area contributed by atoms with Crippen molar-refractivity contribution in [1.29, 1.82) is 0 Å². The van der Waals surface area contributed by atoms with Crippen LogP contribution in [0.3, 0.4) is 0 Å². The second-order valence-corrected chi connectivity index (χ2v) is 5.96. The molecule has 1 aromatic heterocycles. The Hall–Kier alpha value is -1.61. The lowest BCUT2D eigenvalue weighted by Gasteiger charge is -2.09. The minimum Gasteiger partial charge on any atom is -0.312 e. The van der Waals surface area contributed by atoms with Crippen molar-refractivity contribution in [2.45, 2.75) is 46.2 Å². The van der Waals surface area contributed by atoms with Crippen LogP contribution in [0, 0.1) is 20.8 Å². The van der Waals surface area contributed by atoms with Crippen molar-refractivity contribution >= 4 is 0 Å². The van der Waals surface area contributed by atoms with Crippen molar-refractivity contribution in [3.63, 3.8) is 0 Å². The van der Waals surface area contributed by atoms with Crippen molar-refractivity contribution in [1.82, 2.24) is 15.1 Å². The van der Waals surface area contributed by atoms with Crippen molar-refractivity contribution in [2.75, 3.05) is 6.54 Å². The van der Waals surface area contributed by atoms with Crippen LogP contribution in [-0.4, -0.2) is 22.4 Å². The highest BCUT2D eigenvalue weighted by atomic mass is 15.3. The summed E-state index contributed by atoms with van der Waals surface area (Å²) in [4.78, 5) is 0. The lowest BCUT2D eigenvalue weighted by molar-refractivity contribution is 0.474. The summed E-state index contributed by atoms with van der Waals surface area (Å²) in [6.45, 7) is 8.55. The molecule has 0 bridgehead atoms. The zero-order valence-corrected chi connectivity index (χ0v) is 12.6. The van der Waals surface area contributed by atoms with Gasteiger partial charge < -0.3 is 5.32 Å². The number of benzene rings is 1. The first-order valence-corrected chi connectivity index (χ1v) is 7.48. The van der Waals surface area contributed by atoms with Gasteiger partial charge in [-0.15, -0.1) is 0 Å². The quantitative estimate of drug-likeness (QED) is 0.927. The van der Waals surface area contributed by atoms with Gasteiger partial charge in [-0.3, -0.25) is 4.68 Å². The predicted octanol–water partition coefficient (Wildman–Crippen LogP) is 3.23.